The van der Waals surface area contributed by atoms with E-state index < -0.39 is 11.2 Å². The Morgan fingerprint density at radius 1 is 1.57 bits per heavy atom. The molecular formula is C10H17NO3. The lowest BCUT2D eigenvalue weighted by Gasteiger charge is -2.29. The molecule has 2 saturated heterocycles. The maximum absolute atomic E-state index is 11.9. The molecule has 0 saturated carbocycles. The summed E-state index contributed by atoms with van der Waals surface area (Å²) in [6.45, 7) is 6.83. The molecule has 80 valence electrons. The number of morpholine rings is 1. The first-order chi connectivity index (χ1) is 6.41. The highest BCUT2D eigenvalue weighted by molar-refractivity contribution is 5.81. The van der Waals surface area contributed by atoms with E-state index in [1.54, 1.807) is 0 Å². The molecule has 0 unspecified atom stereocenters. The maximum atomic E-state index is 11.9. The Labute approximate surface area is 84.0 Å². The second kappa shape index (κ2) is 2.94. The molecule has 0 aromatic carbocycles. The van der Waals surface area contributed by atoms with Gasteiger partial charge in [-0.1, -0.05) is 0 Å². The van der Waals surface area contributed by atoms with E-state index in [2.05, 4.69) is 5.32 Å². The molecule has 0 aliphatic carbocycles. The lowest BCUT2D eigenvalue weighted by molar-refractivity contribution is -0.178. The number of nitrogens with one attached hydrogen (secondary N) is 1. The van der Waals surface area contributed by atoms with Crippen molar-refractivity contribution >= 4 is 5.97 Å². The Morgan fingerprint density at radius 2 is 2.29 bits per heavy atom. The predicted octanol–water partition coefficient (Wildman–Crippen LogP) is 0.459. The first kappa shape index (κ1) is 9.93. The van der Waals surface area contributed by atoms with Gasteiger partial charge in [-0.3, -0.25) is 0 Å². The van der Waals surface area contributed by atoms with Gasteiger partial charge in [0.05, 0.1) is 6.61 Å². The maximum Gasteiger partial charge on any atom is 0.340 e. The fourth-order valence-electron chi connectivity index (χ4n) is 1.93. The van der Waals surface area contributed by atoms with Crippen LogP contribution < -0.4 is 5.32 Å². The van der Waals surface area contributed by atoms with Crippen molar-refractivity contribution in [2.75, 3.05) is 13.2 Å². The van der Waals surface area contributed by atoms with Crippen LogP contribution >= 0.6 is 0 Å². The van der Waals surface area contributed by atoms with Crippen LogP contribution in [0.5, 0.6) is 0 Å². The zero-order valence-corrected chi connectivity index (χ0v) is 8.92. The number of ether oxygens (including phenoxy) is 2. The minimum atomic E-state index is -0.696. The highest BCUT2D eigenvalue weighted by Gasteiger charge is 2.53. The minimum absolute atomic E-state index is 0.225. The number of hydrogen-bond acceptors (Lipinski definition) is 4. The summed E-state index contributed by atoms with van der Waals surface area (Å²) in [6, 6.07) is 0.336. The van der Waals surface area contributed by atoms with Crippen molar-refractivity contribution in [3.8, 4) is 0 Å². The molecule has 14 heavy (non-hydrogen) atoms. The van der Waals surface area contributed by atoms with E-state index >= 15 is 0 Å². The van der Waals surface area contributed by atoms with E-state index in [0.717, 1.165) is 6.42 Å². The van der Waals surface area contributed by atoms with Gasteiger partial charge in [-0.25, -0.2) is 4.79 Å². The highest BCUT2D eigenvalue weighted by atomic mass is 16.6. The molecule has 0 aromatic rings. The van der Waals surface area contributed by atoms with Gasteiger partial charge in [0.15, 0.2) is 5.60 Å². The Hall–Kier alpha value is -0.610. The molecule has 0 radical (unpaired) electrons. The fourth-order valence-corrected chi connectivity index (χ4v) is 1.93. The van der Waals surface area contributed by atoms with Crippen molar-refractivity contribution in [3.63, 3.8) is 0 Å². The Bertz CT molecular complexity index is 249. The molecule has 0 spiro atoms. The van der Waals surface area contributed by atoms with Crippen LogP contribution in [0.1, 0.15) is 27.2 Å². The summed E-state index contributed by atoms with van der Waals surface area (Å²) >= 11 is 0. The van der Waals surface area contributed by atoms with Crippen LogP contribution in [0, 0.1) is 0 Å². The fraction of sp³-hybridized carbons (Fsp3) is 0.900. The molecule has 0 aromatic heterocycles. The summed E-state index contributed by atoms with van der Waals surface area (Å²) in [7, 11) is 0. The first-order valence-electron chi connectivity index (χ1n) is 5.02. The number of fused-ring (bicyclic) bond motifs is 2. The molecule has 4 heteroatoms. The number of carbonyl (C=O) groups excluding carboxylic acids is 1. The number of esters is 1. The standard InChI is InChI=1S/C10H17NO3/c1-9(2,3)14-8(12)10-4-7(5-13-10)11-6-10/h7,11H,4-6H2,1-3H3/t7-,10-/m1/s1. The van der Waals surface area contributed by atoms with E-state index in [1.165, 1.54) is 0 Å². The van der Waals surface area contributed by atoms with Gasteiger partial charge < -0.3 is 14.8 Å². The molecule has 2 atom stereocenters. The van der Waals surface area contributed by atoms with Crippen LogP contribution in [0.15, 0.2) is 0 Å². The molecule has 2 bridgehead atoms. The van der Waals surface area contributed by atoms with Crippen molar-refractivity contribution in [3.05, 3.63) is 0 Å². The zero-order valence-electron chi connectivity index (χ0n) is 8.92. The SMILES string of the molecule is CC(C)(C)OC(=O)[C@@]12CN[C@@H](CO1)C2. The lowest BCUT2D eigenvalue weighted by Crippen LogP contribution is -2.48. The van der Waals surface area contributed by atoms with Gasteiger partial charge in [0.2, 0.25) is 0 Å². The van der Waals surface area contributed by atoms with Crippen LogP contribution in [0.4, 0.5) is 0 Å². The molecule has 2 fully saturated rings. The summed E-state index contributed by atoms with van der Waals surface area (Å²) in [5.41, 5.74) is -1.13. The third-order valence-electron chi connectivity index (χ3n) is 2.58. The van der Waals surface area contributed by atoms with E-state index in [9.17, 15) is 4.79 Å². The Balaban J connectivity index is 2.04. The average Bonchev–Trinajstić information content (AvgIpc) is 2.60. The van der Waals surface area contributed by atoms with Crippen LogP contribution in [0.25, 0.3) is 0 Å². The van der Waals surface area contributed by atoms with Gasteiger partial charge in [-0.2, -0.15) is 0 Å². The Kier molecular flexibility index (Phi) is 2.08. The molecule has 2 heterocycles. The van der Waals surface area contributed by atoms with Gasteiger partial charge in [0.1, 0.15) is 5.60 Å². The molecule has 4 nitrogen and oxygen atoms in total. The van der Waals surface area contributed by atoms with Crippen LogP contribution in [0.2, 0.25) is 0 Å². The number of rotatable bonds is 1. The summed E-state index contributed by atoms with van der Waals surface area (Å²) in [6.07, 6.45) is 0.752. The molecule has 0 amide bonds. The first-order valence-corrected chi connectivity index (χ1v) is 5.02. The van der Waals surface area contributed by atoms with Gasteiger partial charge in [0, 0.05) is 19.0 Å². The quantitative estimate of drug-likeness (QED) is 0.623. The molecule has 2 aliphatic rings. The molecule has 2 rings (SSSR count). The lowest BCUT2D eigenvalue weighted by atomic mass is 10.0. The van der Waals surface area contributed by atoms with Gasteiger partial charge in [-0.15, -0.1) is 0 Å². The molecular weight excluding hydrogens is 182 g/mol. The van der Waals surface area contributed by atoms with Gasteiger partial charge in [-0.05, 0) is 20.8 Å². The smallest absolute Gasteiger partial charge is 0.340 e. The molecule has 2 aliphatic heterocycles. The molecule has 1 N–H and O–H groups in total. The van der Waals surface area contributed by atoms with Crippen LogP contribution in [-0.2, 0) is 14.3 Å². The normalized spacial score (nSPS) is 36.1. The van der Waals surface area contributed by atoms with Crippen LogP contribution in [0.3, 0.4) is 0 Å². The van der Waals surface area contributed by atoms with Gasteiger partial charge >= 0.3 is 5.97 Å². The van der Waals surface area contributed by atoms with E-state index in [4.69, 9.17) is 9.47 Å². The van der Waals surface area contributed by atoms with Crippen molar-refractivity contribution < 1.29 is 14.3 Å². The summed E-state index contributed by atoms with van der Waals surface area (Å²) < 4.78 is 10.8. The van der Waals surface area contributed by atoms with E-state index in [1.807, 2.05) is 20.8 Å². The average molecular weight is 199 g/mol. The largest absolute Gasteiger partial charge is 0.458 e. The zero-order chi connectivity index (χ0) is 10.4. The van der Waals surface area contributed by atoms with E-state index in [0.29, 0.717) is 19.2 Å². The third kappa shape index (κ3) is 1.64. The third-order valence-corrected chi connectivity index (χ3v) is 2.58. The van der Waals surface area contributed by atoms with Crippen molar-refractivity contribution in [2.45, 2.75) is 44.4 Å². The predicted molar refractivity (Wildman–Crippen MR) is 50.9 cm³/mol. The minimum Gasteiger partial charge on any atom is -0.458 e. The second-order valence-electron chi connectivity index (χ2n) is 5.09. The summed E-state index contributed by atoms with van der Waals surface area (Å²) in [5.74, 6) is -0.225. The van der Waals surface area contributed by atoms with Crippen molar-refractivity contribution in [1.82, 2.24) is 5.32 Å². The van der Waals surface area contributed by atoms with Crippen LogP contribution in [-0.4, -0.2) is 36.4 Å². The Morgan fingerprint density at radius 3 is 2.64 bits per heavy atom. The number of carbonyl (C=O) groups is 1. The van der Waals surface area contributed by atoms with Crippen molar-refractivity contribution in [1.29, 1.82) is 0 Å². The summed E-state index contributed by atoms with van der Waals surface area (Å²) in [4.78, 5) is 11.9. The topological polar surface area (TPSA) is 47.6 Å². The number of hydrogen-bond donors (Lipinski definition) is 1. The summed E-state index contributed by atoms with van der Waals surface area (Å²) in [5, 5.41) is 3.24. The monoisotopic (exact) mass is 199 g/mol. The second-order valence-corrected chi connectivity index (χ2v) is 5.09. The van der Waals surface area contributed by atoms with Crippen molar-refractivity contribution in [2.24, 2.45) is 0 Å². The highest BCUT2D eigenvalue weighted by Crippen LogP contribution is 2.33. The van der Waals surface area contributed by atoms with E-state index in [-0.39, 0.29) is 5.97 Å². The van der Waals surface area contributed by atoms with Gasteiger partial charge in [0.25, 0.3) is 0 Å².